The second kappa shape index (κ2) is 17.2. The molecule has 0 unspecified atom stereocenters. The summed E-state index contributed by atoms with van der Waals surface area (Å²) >= 11 is 0. The van der Waals surface area contributed by atoms with E-state index in [0.717, 1.165) is 11.1 Å². The van der Waals surface area contributed by atoms with E-state index in [1.807, 2.05) is 30.3 Å². The lowest BCUT2D eigenvalue weighted by molar-refractivity contribution is -0.359. The molecule has 2 amide bonds. The Hall–Kier alpha value is -5.02. The Labute approximate surface area is 276 Å². The molecule has 0 saturated carbocycles. The molecule has 2 saturated heterocycles. The average molecular weight is 665 g/mol. The Bertz CT molecular complexity index is 1490. The Kier molecular flexibility index (Phi) is 12.3. The van der Waals surface area contributed by atoms with Crippen LogP contribution in [0.3, 0.4) is 0 Å². The number of hydrogen-bond donors (Lipinski definition) is 2. The van der Waals surface area contributed by atoms with Crippen LogP contribution in [-0.4, -0.2) is 81.6 Å². The van der Waals surface area contributed by atoms with Crippen molar-refractivity contribution in [1.82, 2.24) is 10.6 Å². The fourth-order valence-electron chi connectivity index (χ4n) is 5.00. The zero-order chi connectivity index (χ0) is 33.7. The molecule has 0 aliphatic carbocycles. The summed E-state index contributed by atoms with van der Waals surface area (Å²) in [6.07, 6.45) is -8.10. The predicted molar refractivity (Wildman–Crippen MR) is 165 cm³/mol. The molecular formula is C34H36N2O12. The van der Waals surface area contributed by atoms with Gasteiger partial charge in [-0.1, -0.05) is 91.0 Å². The number of rotatable bonds is 12. The highest BCUT2D eigenvalue weighted by Gasteiger charge is 2.54. The van der Waals surface area contributed by atoms with Crippen LogP contribution in [0.4, 0.5) is 9.59 Å². The van der Waals surface area contributed by atoms with Gasteiger partial charge in [0.1, 0.15) is 38.5 Å². The van der Waals surface area contributed by atoms with E-state index in [-0.39, 0.29) is 19.8 Å². The van der Waals surface area contributed by atoms with Gasteiger partial charge in [-0.2, -0.15) is 0 Å². The summed E-state index contributed by atoms with van der Waals surface area (Å²) in [5, 5.41) is 4.69. The second-order valence-electron chi connectivity index (χ2n) is 10.7. The number of nitrogens with one attached hydrogen (secondary N) is 2. The van der Waals surface area contributed by atoms with Gasteiger partial charge in [0.05, 0.1) is 6.61 Å². The maximum Gasteiger partial charge on any atom is 0.407 e. The van der Waals surface area contributed by atoms with Gasteiger partial charge in [-0.25, -0.2) is 9.59 Å². The molecule has 5 rings (SSSR count). The van der Waals surface area contributed by atoms with Gasteiger partial charge in [0.15, 0.2) is 24.8 Å². The first-order chi connectivity index (χ1) is 23.4. The van der Waals surface area contributed by atoms with E-state index in [0.29, 0.717) is 5.56 Å². The Morgan fingerprint density at radius 3 is 1.71 bits per heavy atom. The van der Waals surface area contributed by atoms with E-state index in [1.54, 1.807) is 60.7 Å². The molecule has 3 aromatic carbocycles. The van der Waals surface area contributed by atoms with Crippen LogP contribution in [-0.2, 0) is 60.7 Å². The number of carbonyl (C=O) groups is 4. The van der Waals surface area contributed by atoms with Crippen molar-refractivity contribution >= 4 is 24.1 Å². The first kappa shape index (κ1) is 34.3. The van der Waals surface area contributed by atoms with Crippen molar-refractivity contribution in [1.29, 1.82) is 0 Å². The molecule has 2 N–H and O–H groups in total. The van der Waals surface area contributed by atoms with Crippen LogP contribution >= 0.6 is 0 Å². The van der Waals surface area contributed by atoms with Gasteiger partial charge < -0.3 is 48.5 Å². The van der Waals surface area contributed by atoms with Crippen LogP contribution in [0.1, 0.15) is 23.0 Å². The van der Waals surface area contributed by atoms with E-state index >= 15 is 0 Å². The third kappa shape index (κ3) is 9.75. The number of ether oxygens (including phenoxy) is 8. The average Bonchev–Trinajstić information content (AvgIpc) is 3.13. The highest BCUT2D eigenvalue weighted by molar-refractivity contribution is 5.79. The number of amides is 2. The summed E-state index contributed by atoms with van der Waals surface area (Å²) < 4.78 is 45.3. The third-order valence-electron chi connectivity index (χ3n) is 7.30. The normalized spacial score (nSPS) is 23.1. The van der Waals surface area contributed by atoms with Gasteiger partial charge >= 0.3 is 24.1 Å². The van der Waals surface area contributed by atoms with Gasteiger partial charge in [-0.05, 0) is 11.1 Å². The standard InChI is InChI=1S/C34H36N2O12/c1-41-32-30(47-27(38)18-36-34(40)44-20-23-13-7-3-8-14-23)29(28-25(45-32)21-42-31(48-28)24-15-9-4-10-16-24)46-26(37)17-35-33(39)43-19-22-11-5-2-6-12-22/h2-16,25,28-32H,17-21H2,1H3,(H,35,39)(H,36,40)/t25-,28+,29-,30+,31+,32-/m1/s1. The highest BCUT2D eigenvalue weighted by Crippen LogP contribution is 2.36. The molecule has 0 radical (unpaired) electrons. The lowest BCUT2D eigenvalue weighted by Crippen LogP contribution is -2.64. The topological polar surface area (TPSA) is 166 Å². The largest absolute Gasteiger partial charge is 0.454 e. The van der Waals surface area contributed by atoms with E-state index in [4.69, 9.17) is 37.9 Å². The van der Waals surface area contributed by atoms with E-state index < -0.39 is 74.2 Å². The van der Waals surface area contributed by atoms with Crippen LogP contribution in [0.25, 0.3) is 0 Å². The smallest absolute Gasteiger partial charge is 0.407 e. The zero-order valence-electron chi connectivity index (χ0n) is 26.1. The van der Waals surface area contributed by atoms with E-state index in [9.17, 15) is 19.2 Å². The lowest BCUT2D eigenvalue weighted by atomic mass is 9.97. The van der Waals surface area contributed by atoms with Crippen LogP contribution in [0, 0.1) is 0 Å². The maximum absolute atomic E-state index is 13.1. The quantitative estimate of drug-likeness (QED) is 0.215. The van der Waals surface area contributed by atoms with E-state index in [2.05, 4.69) is 10.6 Å². The third-order valence-corrected chi connectivity index (χ3v) is 7.30. The molecule has 14 nitrogen and oxygen atoms in total. The van der Waals surface area contributed by atoms with Crippen molar-refractivity contribution in [2.75, 3.05) is 26.8 Å². The van der Waals surface area contributed by atoms with Gasteiger partial charge in [-0.15, -0.1) is 0 Å². The first-order valence-electron chi connectivity index (χ1n) is 15.2. The minimum absolute atomic E-state index is 0.000847. The number of alkyl carbamates (subject to hydrolysis) is 2. The van der Waals surface area contributed by atoms with Crippen molar-refractivity contribution in [2.45, 2.75) is 50.2 Å². The van der Waals surface area contributed by atoms with Crippen LogP contribution < -0.4 is 10.6 Å². The lowest BCUT2D eigenvalue weighted by Gasteiger charge is -2.47. The summed E-state index contributed by atoms with van der Waals surface area (Å²) in [5.74, 6) is -1.77. The van der Waals surface area contributed by atoms with Gasteiger partial charge in [0, 0.05) is 12.7 Å². The number of methoxy groups -OCH3 is 1. The van der Waals surface area contributed by atoms with E-state index in [1.165, 1.54) is 7.11 Å². The summed E-state index contributed by atoms with van der Waals surface area (Å²) in [7, 11) is 1.32. The summed E-state index contributed by atoms with van der Waals surface area (Å²) in [6, 6.07) is 27.1. The highest BCUT2D eigenvalue weighted by atomic mass is 16.8. The molecular weight excluding hydrogens is 628 g/mol. The van der Waals surface area contributed by atoms with Crippen LogP contribution in [0.2, 0.25) is 0 Å². The first-order valence-corrected chi connectivity index (χ1v) is 15.2. The van der Waals surface area contributed by atoms with Crippen molar-refractivity contribution in [3.63, 3.8) is 0 Å². The van der Waals surface area contributed by atoms with Crippen molar-refractivity contribution in [2.24, 2.45) is 0 Å². The Balaban J connectivity index is 1.23. The summed E-state index contributed by atoms with van der Waals surface area (Å²) in [5.41, 5.74) is 2.23. The minimum Gasteiger partial charge on any atom is -0.454 e. The second-order valence-corrected chi connectivity index (χ2v) is 10.7. The van der Waals surface area contributed by atoms with Crippen molar-refractivity contribution < 1.29 is 57.1 Å². The molecule has 2 fully saturated rings. The molecule has 2 aliphatic rings. The van der Waals surface area contributed by atoms with Gasteiger partial charge in [0.2, 0.25) is 0 Å². The molecule has 48 heavy (non-hydrogen) atoms. The molecule has 6 atom stereocenters. The van der Waals surface area contributed by atoms with Gasteiger partial charge in [-0.3, -0.25) is 9.59 Å². The number of benzene rings is 3. The van der Waals surface area contributed by atoms with Crippen LogP contribution in [0.15, 0.2) is 91.0 Å². The molecule has 3 aromatic rings. The molecule has 254 valence electrons. The molecule has 0 aromatic heterocycles. The minimum atomic E-state index is -1.34. The summed E-state index contributed by atoms with van der Waals surface area (Å²) in [6.45, 7) is -1.09. The molecule has 14 heteroatoms. The SMILES string of the molecule is CO[C@@H]1O[C@@H]2CO[C@H](c3ccccc3)O[C@@H]2[C@@H](OC(=O)CNC(=O)OCc2ccccc2)[C@@H]1OC(=O)CNC(=O)OCc1ccccc1. The number of hydrogen-bond acceptors (Lipinski definition) is 12. The van der Waals surface area contributed by atoms with Crippen molar-refractivity contribution in [3.8, 4) is 0 Å². The maximum atomic E-state index is 13.1. The fraction of sp³-hybridized carbons (Fsp3) is 0.353. The summed E-state index contributed by atoms with van der Waals surface area (Å²) in [4.78, 5) is 50.5. The van der Waals surface area contributed by atoms with Gasteiger partial charge in [0.25, 0.3) is 0 Å². The Morgan fingerprint density at radius 2 is 1.19 bits per heavy atom. The fourth-order valence-corrected chi connectivity index (χ4v) is 5.00. The number of fused-ring (bicyclic) bond motifs is 1. The molecule has 2 heterocycles. The number of esters is 2. The molecule has 0 bridgehead atoms. The zero-order valence-corrected chi connectivity index (χ0v) is 26.1. The Morgan fingerprint density at radius 1 is 0.688 bits per heavy atom. The number of carbonyl (C=O) groups excluding carboxylic acids is 4. The monoisotopic (exact) mass is 664 g/mol. The molecule has 2 aliphatic heterocycles. The molecule has 0 spiro atoms. The predicted octanol–water partition coefficient (Wildman–Crippen LogP) is 3.15. The van der Waals surface area contributed by atoms with Crippen molar-refractivity contribution in [3.05, 3.63) is 108 Å². The van der Waals surface area contributed by atoms with Crippen LogP contribution in [0.5, 0.6) is 0 Å².